The summed E-state index contributed by atoms with van der Waals surface area (Å²) in [5.74, 6) is 0. The zero-order chi connectivity index (χ0) is 29.1. The van der Waals surface area contributed by atoms with Crippen LogP contribution in [0.15, 0.2) is 108 Å². The lowest BCUT2D eigenvalue weighted by Crippen LogP contribution is -2.41. The summed E-state index contributed by atoms with van der Waals surface area (Å²) in [5.41, 5.74) is 4.03. The quantitative estimate of drug-likeness (QED) is 0.192. The SMILES string of the molecule is CC1(C)OB(c2cc(-c3ccc4sc5cc6ccccc6cc5c4c3)cc3oc4ccc5ccccc5c4c23)OC1(C)C. The van der Waals surface area contributed by atoms with E-state index in [0.717, 1.165) is 38.5 Å². The highest BCUT2D eigenvalue weighted by Crippen LogP contribution is 2.42. The second-order valence-corrected chi connectivity index (χ2v) is 13.9. The summed E-state index contributed by atoms with van der Waals surface area (Å²) in [5, 5.41) is 9.62. The smallest absolute Gasteiger partial charge is 0.456 e. The van der Waals surface area contributed by atoms with Crippen LogP contribution >= 0.6 is 11.3 Å². The molecule has 208 valence electrons. The van der Waals surface area contributed by atoms with Crippen molar-refractivity contribution in [3.05, 3.63) is 103 Å². The molecule has 0 atom stereocenters. The van der Waals surface area contributed by atoms with Gasteiger partial charge >= 0.3 is 7.12 Å². The molecule has 1 saturated heterocycles. The molecular formula is C38H29BO3S. The number of rotatable bonds is 2. The van der Waals surface area contributed by atoms with Crippen molar-refractivity contribution in [1.82, 2.24) is 0 Å². The van der Waals surface area contributed by atoms with Crippen LogP contribution < -0.4 is 5.46 Å². The largest absolute Gasteiger partial charge is 0.495 e. The van der Waals surface area contributed by atoms with Gasteiger partial charge in [0.2, 0.25) is 0 Å². The van der Waals surface area contributed by atoms with Crippen molar-refractivity contribution in [2.45, 2.75) is 38.9 Å². The molecule has 0 N–H and O–H groups in total. The maximum absolute atomic E-state index is 6.67. The third-order valence-corrected chi connectivity index (χ3v) is 10.8. The van der Waals surface area contributed by atoms with Crippen molar-refractivity contribution < 1.29 is 13.7 Å². The van der Waals surface area contributed by atoms with Gasteiger partial charge in [-0.25, -0.2) is 0 Å². The highest BCUT2D eigenvalue weighted by Gasteiger charge is 2.52. The fourth-order valence-electron chi connectivity index (χ4n) is 6.66. The lowest BCUT2D eigenvalue weighted by atomic mass is 9.75. The van der Waals surface area contributed by atoms with Crippen LogP contribution in [0.1, 0.15) is 27.7 Å². The summed E-state index contributed by atoms with van der Waals surface area (Å²) < 4.78 is 22.6. The molecule has 5 heteroatoms. The predicted molar refractivity (Wildman–Crippen MR) is 183 cm³/mol. The van der Waals surface area contributed by atoms with Gasteiger partial charge in [-0.1, -0.05) is 66.7 Å². The molecule has 1 fully saturated rings. The lowest BCUT2D eigenvalue weighted by Gasteiger charge is -2.32. The molecule has 0 amide bonds. The van der Waals surface area contributed by atoms with Crippen LogP contribution in [0.2, 0.25) is 0 Å². The van der Waals surface area contributed by atoms with E-state index < -0.39 is 18.3 Å². The zero-order valence-electron chi connectivity index (χ0n) is 24.5. The zero-order valence-corrected chi connectivity index (χ0v) is 25.3. The molecule has 0 saturated carbocycles. The standard InChI is InChI=1S/C38H29BO3S/c1-37(2)38(3,4)42-39(41-37)30-19-26(20-32-36(30)35-27-12-8-7-9-22(27)13-15-31(35)40-32)25-14-16-33-28(18-25)29-17-23-10-5-6-11-24(23)21-34(29)43-33/h5-21H,1-4H3. The van der Waals surface area contributed by atoms with E-state index in [1.54, 1.807) is 0 Å². The summed E-state index contributed by atoms with van der Waals surface area (Å²) in [6.07, 6.45) is 0. The first kappa shape index (κ1) is 25.4. The van der Waals surface area contributed by atoms with Crippen LogP contribution in [0, 0.1) is 0 Å². The van der Waals surface area contributed by atoms with E-state index in [4.69, 9.17) is 13.7 Å². The fourth-order valence-corrected chi connectivity index (χ4v) is 7.78. The first-order valence-electron chi connectivity index (χ1n) is 14.8. The van der Waals surface area contributed by atoms with Gasteiger partial charge in [-0.15, -0.1) is 11.3 Å². The van der Waals surface area contributed by atoms with Crippen molar-refractivity contribution in [1.29, 1.82) is 0 Å². The van der Waals surface area contributed by atoms with Crippen LogP contribution in [0.5, 0.6) is 0 Å². The average molecular weight is 577 g/mol. The molecule has 0 spiro atoms. The molecule has 2 aromatic heterocycles. The van der Waals surface area contributed by atoms with Crippen LogP contribution in [-0.4, -0.2) is 18.3 Å². The molecule has 1 aliphatic heterocycles. The number of hydrogen-bond donors (Lipinski definition) is 0. The lowest BCUT2D eigenvalue weighted by molar-refractivity contribution is 0.00578. The van der Waals surface area contributed by atoms with Gasteiger partial charge in [-0.05, 0) is 102 Å². The molecule has 6 aromatic carbocycles. The Labute approximate surface area is 253 Å². The van der Waals surface area contributed by atoms with Gasteiger partial charge in [0.1, 0.15) is 11.2 Å². The molecule has 43 heavy (non-hydrogen) atoms. The van der Waals surface area contributed by atoms with E-state index in [1.807, 2.05) is 11.3 Å². The summed E-state index contributed by atoms with van der Waals surface area (Å²) >= 11 is 1.85. The minimum Gasteiger partial charge on any atom is -0.456 e. The van der Waals surface area contributed by atoms with Gasteiger partial charge in [-0.2, -0.15) is 0 Å². The predicted octanol–water partition coefficient (Wildman–Crippen LogP) is 10.2. The molecule has 3 nitrogen and oxygen atoms in total. The van der Waals surface area contributed by atoms with Crippen molar-refractivity contribution in [2.75, 3.05) is 0 Å². The number of furan rings is 1. The Hall–Kier alpha value is -4.16. The number of benzene rings is 6. The van der Waals surface area contributed by atoms with E-state index in [1.165, 1.54) is 41.7 Å². The number of hydrogen-bond acceptors (Lipinski definition) is 4. The average Bonchev–Trinajstić information content (AvgIpc) is 3.62. The van der Waals surface area contributed by atoms with Crippen LogP contribution in [0.25, 0.3) is 74.8 Å². The second-order valence-electron chi connectivity index (χ2n) is 12.8. The molecule has 0 radical (unpaired) electrons. The van der Waals surface area contributed by atoms with Crippen LogP contribution in [0.4, 0.5) is 0 Å². The Morgan fingerprint density at radius 1 is 0.535 bits per heavy atom. The van der Waals surface area contributed by atoms with E-state index in [9.17, 15) is 0 Å². The summed E-state index contributed by atoms with van der Waals surface area (Å²) in [4.78, 5) is 0. The summed E-state index contributed by atoms with van der Waals surface area (Å²) in [6, 6.07) is 37.2. The molecule has 3 heterocycles. The number of thiophene rings is 1. The summed E-state index contributed by atoms with van der Waals surface area (Å²) in [7, 11) is -0.524. The monoisotopic (exact) mass is 576 g/mol. The van der Waals surface area contributed by atoms with Crippen molar-refractivity contribution in [2.24, 2.45) is 0 Å². The van der Waals surface area contributed by atoms with E-state index >= 15 is 0 Å². The van der Waals surface area contributed by atoms with Crippen molar-refractivity contribution in [3.63, 3.8) is 0 Å². The van der Waals surface area contributed by atoms with E-state index in [0.29, 0.717) is 0 Å². The first-order valence-corrected chi connectivity index (χ1v) is 15.7. The second kappa shape index (κ2) is 8.70. The van der Waals surface area contributed by atoms with Crippen molar-refractivity contribution in [3.8, 4) is 11.1 Å². The van der Waals surface area contributed by atoms with Gasteiger partial charge in [0.05, 0.1) is 11.2 Å². The maximum Gasteiger partial charge on any atom is 0.495 e. The van der Waals surface area contributed by atoms with E-state index in [-0.39, 0.29) is 0 Å². The molecule has 0 bridgehead atoms. The molecule has 1 aliphatic rings. The Morgan fingerprint density at radius 3 is 2.02 bits per heavy atom. The van der Waals surface area contributed by atoms with Gasteiger partial charge in [0.25, 0.3) is 0 Å². The Balaban J connectivity index is 1.31. The third-order valence-electron chi connectivity index (χ3n) is 9.67. The van der Waals surface area contributed by atoms with Gasteiger partial charge < -0.3 is 13.7 Å². The van der Waals surface area contributed by atoms with Gasteiger partial charge in [0, 0.05) is 30.9 Å². The minimum absolute atomic E-state index is 0.459. The molecule has 0 aliphatic carbocycles. The Bertz CT molecular complexity index is 2410. The van der Waals surface area contributed by atoms with Gasteiger partial charge in [0.15, 0.2) is 0 Å². The van der Waals surface area contributed by atoms with E-state index in [2.05, 4.69) is 131 Å². The molecule has 8 aromatic rings. The van der Waals surface area contributed by atoms with Crippen molar-refractivity contribution >= 4 is 87.6 Å². The summed E-state index contributed by atoms with van der Waals surface area (Å²) in [6.45, 7) is 8.43. The third kappa shape index (κ3) is 3.69. The normalized spacial score (nSPS) is 16.5. The first-order chi connectivity index (χ1) is 20.8. The molecule has 9 rings (SSSR count). The number of fused-ring (bicyclic) bond motifs is 9. The minimum atomic E-state index is -0.524. The maximum atomic E-state index is 6.67. The van der Waals surface area contributed by atoms with Gasteiger partial charge in [-0.3, -0.25) is 0 Å². The highest BCUT2D eigenvalue weighted by atomic mass is 32.1. The van der Waals surface area contributed by atoms with Crippen LogP contribution in [0.3, 0.4) is 0 Å². The Kier molecular flexibility index (Phi) is 5.13. The topological polar surface area (TPSA) is 31.6 Å². The fraction of sp³-hybridized carbons (Fsp3) is 0.158. The van der Waals surface area contributed by atoms with Crippen LogP contribution in [-0.2, 0) is 9.31 Å². The highest BCUT2D eigenvalue weighted by molar-refractivity contribution is 7.25. The Morgan fingerprint density at radius 2 is 1.23 bits per heavy atom. The molecule has 0 unspecified atom stereocenters. The molecular weight excluding hydrogens is 547 g/mol.